The molecule has 3 rings (SSSR count). The number of hydrogen-bond donors (Lipinski definition) is 4. The summed E-state index contributed by atoms with van der Waals surface area (Å²) in [6, 6.07) is 18.5. The SMILES string of the molecule is COCCOc1ccc(C(=N)N)cc1CCC(=O)Nc1ccc(-c2ccccc2S(N)(=O)=O)cc1. The second-order valence-electron chi connectivity index (χ2n) is 7.74. The van der Waals surface area contributed by atoms with E-state index in [-0.39, 0.29) is 23.1 Å². The van der Waals surface area contributed by atoms with Gasteiger partial charge in [-0.3, -0.25) is 10.2 Å². The van der Waals surface area contributed by atoms with Crippen LogP contribution in [0.15, 0.2) is 71.6 Å². The number of nitrogen functional groups attached to an aromatic ring is 1. The van der Waals surface area contributed by atoms with Crippen molar-refractivity contribution in [3.05, 3.63) is 77.9 Å². The molecule has 0 atom stereocenters. The number of ether oxygens (including phenoxy) is 2. The van der Waals surface area contributed by atoms with Crippen molar-refractivity contribution < 1.29 is 22.7 Å². The van der Waals surface area contributed by atoms with Gasteiger partial charge in [-0.25, -0.2) is 13.6 Å². The molecule has 0 bridgehead atoms. The zero-order valence-corrected chi connectivity index (χ0v) is 20.1. The molecule has 6 N–H and O–H groups in total. The van der Waals surface area contributed by atoms with E-state index in [1.165, 1.54) is 6.07 Å². The van der Waals surface area contributed by atoms with E-state index in [0.29, 0.717) is 47.8 Å². The van der Waals surface area contributed by atoms with Crippen LogP contribution in [0.1, 0.15) is 17.5 Å². The van der Waals surface area contributed by atoms with Gasteiger partial charge in [0.05, 0.1) is 11.5 Å². The van der Waals surface area contributed by atoms with Gasteiger partial charge >= 0.3 is 0 Å². The van der Waals surface area contributed by atoms with Gasteiger partial charge in [-0.1, -0.05) is 30.3 Å². The van der Waals surface area contributed by atoms with E-state index >= 15 is 0 Å². The normalized spacial score (nSPS) is 11.1. The van der Waals surface area contributed by atoms with Gasteiger partial charge in [-0.2, -0.15) is 0 Å². The maximum atomic E-state index is 12.6. The van der Waals surface area contributed by atoms with E-state index in [4.69, 9.17) is 25.8 Å². The largest absolute Gasteiger partial charge is 0.491 e. The number of rotatable bonds is 11. The Morgan fingerprint density at radius 1 is 1.03 bits per heavy atom. The monoisotopic (exact) mass is 496 g/mol. The predicted octanol–water partition coefficient (Wildman–Crippen LogP) is 2.88. The number of hydrogen-bond acceptors (Lipinski definition) is 6. The average Bonchev–Trinajstić information content (AvgIpc) is 2.83. The summed E-state index contributed by atoms with van der Waals surface area (Å²) in [6.45, 7) is 0.780. The quantitative estimate of drug-likeness (QED) is 0.182. The zero-order valence-electron chi connectivity index (χ0n) is 19.3. The minimum atomic E-state index is -3.87. The molecule has 0 heterocycles. The van der Waals surface area contributed by atoms with E-state index in [0.717, 1.165) is 5.56 Å². The maximum Gasteiger partial charge on any atom is 0.238 e. The number of nitrogens with two attached hydrogens (primary N) is 2. The summed E-state index contributed by atoms with van der Waals surface area (Å²) >= 11 is 0. The first-order chi connectivity index (χ1) is 16.7. The first kappa shape index (κ1) is 25.9. The van der Waals surface area contributed by atoms with Crippen LogP contribution < -0.4 is 20.9 Å². The summed E-state index contributed by atoms with van der Waals surface area (Å²) in [7, 11) is -2.29. The average molecular weight is 497 g/mol. The standard InChI is InChI=1S/C25H28N4O5S/c1-33-14-15-34-22-12-8-19(25(26)27)16-18(22)9-13-24(30)29-20-10-6-17(7-11-20)21-4-2-3-5-23(21)35(28,31)32/h2-8,10-12,16H,9,13-15H2,1H3,(H3,26,27)(H,29,30)(H2,28,31,32). The van der Waals surface area contributed by atoms with Crippen LogP contribution in [0.25, 0.3) is 11.1 Å². The Balaban J connectivity index is 1.68. The molecule has 0 saturated carbocycles. The van der Waals surface area contributed by atoms with Crippen molar-refractivity contribution in [2.75, 3.05) is 25.6 Å². The lowest BCUT2D eigenvalue weighted by Crippen LogP contribution is -2.15. The fourth-order valence-corrected chi connectivity index (χ4v) is 4.24. The number of anilines is 1. The van der Waals surface area contributed by atoms with Crippen molar-refractivity contribution in [1.29, 1.82) is 5.41 Å². The third-order valence-electron chi connectivity index (χ3n) is 5.21. The van der Waals surface area contributed by atoms with Gasteiger partial charge in [0.15, 0.2) is 0 Å². The van der Waals surface area contributed by atoms with Gasteiger partial charge in [0.2, 0.25) is 15.9 Å². The fourth-order valence-electron chi connectivity index (χ4n) is 3.48. The van der Waals surface area contributed by atoms with E-state index in [2.05, 4.69) is 5.32 Å². The summed E-state index contributed by atoms with van der Waals surface area (Å²) in [6.07, 6.45) is 0.563. The van der Waals surface area contributed by atoms with Crippen LogP contribution in [-0.4, -0.2) is 40.5 Å². The van der Waals surface area contributed by atoms with Crippen LogP contribution in [0, 0.1) is 5.41 Å². The molecule has 0 aliphatic heterocycles. The molecule has 1 amide bonds. The van der Waals surface area contributed by atoms with E-state index in [1.54, 1.807) is 67.8 Å². The fraction of sp³-hybridized carbons (Fsp3) is 0.200. The lowest BCUT2D eigenvalue weighted by atomic mass is 10.0. The van der Waals surface area contributed by atoms with Crippen LogP contribution in [-0.2, 0) is 26.0 Å². The molecule has 35 heavy (non-hydrogen) atoms. The molecule has 0 radical (unpaired) electrons. The van der Waals surface area contributed by atoms with Gasteiger partial charge in [0.25, 0.3) is 0 Å². The number of primary sulfonamides is 1. The highest BCUT2D eigenvalue weighted by Gasteiger charge is 2.15. The Bertz CT molecular complexity index is 1310. The number of nitrogens with one attached hydrogen (secondary N) is 2. The smallest absolute Gasteiger partial charge is 0.238 e. The Hall–Kier alpha value is -3.73. The highest BCUT2D eigenvalue weighted by atomic mass is 32.2. The number of sulfonamides is 1. The van der Waals surface area contributed by atoms with Crippen molar-refractivity contribution in [3.63, 3.8) is 0 Å². The van der Waals surface area contributed by atoms with E-state index < -0.39 is 10.0 Å². The van der Waals surface area contributed by atoms with Gasteiger partial charge in [-0.05, 0) is 53.9 Å². The molecule has 3 aromatic carbocycles. The number of benzene rings is 3. The van der Waals surface area contributed by atoms with Gasteiger partial charge in [0.1, 0.15) is 18.2 Å². The summed E-state index contributed by atoms with van der Waals surface area (Å²) in [4.78, 5) is 12.6. The van der Waals surface area contributed by atoms with Crippen molar-refractivity contribution in [3.8, 4) is 16.9 Å². The van der Waals surface area contributed by atoms with Crippen molar-refractivity contribution in [2.45, 2.75) is 17.7 Å². The van der Waals surface area contributed by atoms with Gasteiger partial charge < -0.3 is 20.5 Å². The molecule has 0 fully saturated rings. The molecule has 9 nitrogen and oxygen atoms in total. The van der Waals surface area contributed by atoms with Crippen molar-refractivity contribution in [1.82, 2.24) is 0 Å². The van der Waals surface area contributed by atoms with Gasteiger partial charge in [-0.15, -0.1) is 0 Å². The second-order valence-corrected chi connectivity index (χ2v) is 9.27. The van der Waals surface area contributed by atoms with Crippen molar-refractivity contribution in [2.24, 2.45) is 10.9 Å². The molecule has 184 valence electrons. The van der Waals surface area contributed by atoms with Crippen LogP contribution in [0.4, 0.5) is 5.69 Å². The van der Waals surface area contributed by atoms with Crippen molar-refractivity contribution >= 4 is 27.5 Å². The third-order valence-corrected chi connectivity index (χ3v) is 6.18. The summed E-state index contributed by atoms with van der Waals surface area (Å²) < 4.78 is 34.5. The maximum absolute atomic E-state index is 12.6. The highest BCUT2D eigenvalue weighted by molar-refractivity contribution is 7.89. The third kappa shape index (κ3) is 7.12. The number of carbonyl (C=O) groups is 1. The van der Waals surface area contributed by atoms with Crippen LogP contribution >= 0.6 is 0 Å². The minimum Gasteiger partial charge on any atom is -0.491 e. The van der Waals surface area contributed by atoms with Crippen LogP contribution in [0.3, 0.4) is 0 Å². The summed E-state index contributed by atoms with van der Waals surface area (Å²) in [5.74, 6) is 0.333. The molecule has 0 unspecified atom stereocenters. The summed E-state index contributed by atoms with van der Waals surface area (Å²) in [5, 5.41) is 15.8. The van der Waals surface area contributed by atoms with Crippen LogP contribution in [0.5, 0.6) is 5.75 Å². The second kappa shape index (κ2) is 11.6. The lowest BCUT2D eigenvalue weighted by Gasteiger charge is -2.13. The topological polar surface area (TPSA) is 158 Å². The highest BCUT2D eigenvalue weighted by Crippen LogP contribution is 2.28. The van der Waals surface area contributed by atoms with E-state index in [9.17, 15) is 13.2 Å². The first-order valence-corrected chi connectivity index (χ1v) is 12.3. The minimum absolute atomic E-state index is 0.0353. The molecular weight excluding hydrogens is 468 g/mol. The first-order valence-electron chi connectivity index (χ1n) is 10.8. The molecule has 0 saturated heterocycles. The lowest BCUT2D eigenvalue weighted by molar-refractivity contribution is -0.116. The Labute approximate surface area is 204 Å². The molecule has 10 heteroatoms. The molecule has 0 spiro atoms. The number of amides is 1. The number of methoxy groups -OCH3 is 1. The molecule has 0 aromatic heterocycles. The Morgan fingerprint density at radius 3 is 2.40 bits per heavy atom. The number of aryl methyl sites for hydroxylation is 1. The van der Waals surface area contributed by atoms with Crippen LogP contribution in [0.2, 0.25) is 0 Å². The molecule has 0 aliphatic carbocycles. The predicted molar refractivity (Wildman–Crippen MR) is 135 cm³/mol. The molecule has 0 aliphatic rings. The molecular formula is C25H28N4O5S. The Morgan fingerprint density at radius 2 is 1.74 bits per heavy atom. The van der Waals surface area contributed by atoms with Gasteiger partial charge in [0, 0.05) is 30.3 Å². The summed E-state index contributed by atoms with van der Waals surface area (Å²) in [5.41, 5.74) is 8.63. The molecule has 3 aromatic rings. The zero-order chi connectivity index (χ0) is 25.4. The number of amidine groups is 1. The van der Waals surface area contributed by atoms with E-state index in [1.807, 2.05) is 0 Å². The number of carbonyl (C=O) groups excluding carboxylic acids is 1. The Kier molecular flexibility index (Phi) is 8.58.